The van der Waals surface area contributed by atoms with Crippen LogP contribution >= 0.6 is 15.9 Å². The monoisotopic (exact) mass is 429 g/mol. The highest BCUT2D eigenvalue weighted by atomic mass is 79.9. The molecule has 138 valence electrons. The lowest BCUT2D eigenvalue weighted by Gasteiger charge is -2.06. The van der Waals surface area contributed by atoms with E-state index in [9.17, 15) is 9.59 Å². The Morgan fingerprint density at radius 3 is 2.41 bits per heavy atom. The maximum atomic E-state index is 12.3. The number of nitrogens with zero attached hydrogens (tertiary/aromatic N) is 2. The SMILES string of the molecule is COC(=O)c1ccc(C(=O)Nc2cnn(COc3ccc(Br)cc3)c2)cc1. The molecule has 8 heteroatoms. The van der Waals surface area contributed by atoms with E-state index in [0.29, 0.717) is 22.6 Å². The van der Waals surface area contributed by atoms with Gasteiger partial charge in [0.1, 0.15) is 5.75 Å². The van der Waals surface area contributed by atoms with Crippen LogP contribution in [-0.2, 0) is 11.5 Å². The van der Waals surface area contributed by atoms with Crippen molar-refractivity contribution in [2.45, 2.75) is 6.73 Å². The number of esters is 1. The number of carbonyl (C=O) groups excluding carboxylic acids is 2. The zero-order valence-corrected chi connectivity index (χ0v) is 16.0. The molecule has 0 unspecified atom stereocenters. The first-order chi connectivity index (χ1) is 13.0. The van der Waals surface area contributed by atoms with E-state index in [-0.39, 0.29) is 12.6 Å². The van der Waals surface area contributed by atoms with Gasteiger partial charge in [0.05, 0.1) is 30.8 Å². The number of nitrogens with one attached hydrogen (secondary N) is 1. The van der Waals surface area contributed by atoms with Crippen molar-refractivity contribution in [1.82, 2.24) is 9.78 Å². The first-order valence-corrected chi connectivity index (χ1v) is 8.75. The van der Waals surface area contributed by atoms with E-state index in [1.807, 2.05) is 24.3 Å². The van der Waals surface area contributed by atoms with Crippen LogP contribution < -0.4 is 10.1 Å². The van der Waals surface area contributed by atoms with Crippen LogP contribution in [0.5, 0.6) is 5.75 Å². The number of hydrogen-bond donors (Lipinski definition) is 1. The third-order valence-electron chi connectivity index (χ3n) is 3.64. The Labute approximate surface area is 164 Å². The molecule has 0 radical (unpaired) electrons. The number of benzene rings is 2. The van der Waals surface area contributed by atoms with Gasteiger partial charge in [-0.1, -0.05) is 15.9 Å². The van der Waals surface area contributed by atoms with Gasteiger partial charge in [-0.2, -0.15) is 5.10 Å². The number of amides is 1. The average Bonchev–Trinajstić information content (AvgIpc) is 3.14. The number of methoxy groups -OCH3 is 1. The normalized spacial score (nSPS) is 10.3. The van der Waals surface area contributed by atoms with Crippen molar-refractivity contribution in [1.29, 1.82) is 0 Å². The minimum Gasteiger partial charge on any atom is -0.471 e. The van der Waals surface area contributed by atoms with Gasteiger partial charge in [-0.25, -0.2) is 9.48 Å². The third-order valence-corrected chi connectivity index (χ3v) is 4.17. The average molecular weight is 430 g/mol. The second-order valence-electron chi connectivity index (χ2n) is 5.52. The number of hydrogen-bond acceptors (Lipinski definition) is 5. The van der Waals surface area contributed by atoms with Gasteiger partial charge in [0, 0.05) is 10.0 Å². The van der Waals surface area contributed by atoms with E-state index in [2.05, 4.69) is 31.1 Å². The Balaban J connectivity index is 1.57. The zero-order valence-electron chi connectivity index (χ0n) is 14.4. The molecule has 0 aliphatic heterocycles. The van der Waals surface area contributed by atoms with Crippen LogP contribution in [0.4, 0.5) is 5.69 Å². The topological polar surface area (TPSA) is 82.5 Å². The minimum atomic E-state index is -0.450. The van der Waals surface area contributed by atoms with Crippen LogP contribution in [-0.4, -0.2) is 28.8 Å². The highest BCUT2D eigenvalue weighted by molar-refractivity contribution is 9.10. The molecule has 3 aromatic rings. The van der Waals surface area contributed by atoms with Crippen molar-refractivity contribution in [3.05, 3.63) is 76.5 Å². The molecule has 0 atom stereocenters. The summed E-state index contributed by atoms with van der Waals surface area (Å²) in [6.07, 6.45) is 3.20. The maximum absolute atomic E-state index is 12.3. The van der Waals surface area contributed by atoms with Gasteiger partial charge in [-0.15, -0.1) is 0 Å². The fourth-order valence-electron chi connectivity index (χ4n) is 2.25. The van der Waals surface area contributed by atoms with E-state index in [4.69, 9.17) is 4.74 Å². The lowest BCUT2D eigenvalue weighted by molar-refractivity contribution is 0.0600. The summed E-state index contributed by atoms with van der Waals surface area (Å²) in [5, 5.41) is 6.90. The molecule has 1 heterocycles. The Kier molecular flexibility index (Phi) is 5.87. The molecule has 0 spiro atoms. The summed E-state index contributed by atoms with van der Waals surface area (Å²) in [5.41, 5.74) is 1.34. The summed E-state index contributed by atoms with van der Waals surface area (Å²) in [6, 6.07) is 13.6. The maximum Gasteiger partial charge on any atom is 0.337 e. The zero-order chi connectivity index (χ0) is 19.2. The molecule has 1 amide bonds. The largest absolute Gasteiger partial charge is 0.471 e. The van der Waals surface area contributed by atoms with Crippen LogP contribution in [0.1, 0.15) is 20.7 Å². The highest BCUT2D eigenvalue weighted by Crippen LogP contribution is 2.17. The van der Waals surface area contributed by atoms with Gasteiger partial charge in [0.25, 0.3) is 5.91 Å². The molecule has 0 aliphatic rings. The van der Waals surface area contributed by atoms with Gasteiger partial charge >= 0.3 is 5.97 Å². The quantitative estimate of drug-likeness (QED) is 0.603. The summed E-state index contributed by atoms with van der Waals surface area (Å²) >= 11 is 3.37. The predicted molar refractivity (Wildman–Crippen MR) is 103 cm³/mol. The van der Waals surface area contributed by atoms with Gasteiger partial charge in [0.2, 0.25) is 0 Å². The highest BCUT2D eigenvalue weighted by Gasteiger charge is 2.10. The Hall–Kier alpha value is -3.13. The molecule has 7 nitrogen and oxygen atoms in total. The predicted octanol–water partition coefficient (Wildman–Crippen LogP) is 3.72. The van der Waals surface area contributed by atoms with Crippen molar-refractivity contribution >= 4 is 33.5 Å². The first-order valence-electron chi connectivity index (χ1n) is 7.96. The molecular formula is C19H16BrN3O4. The second kappa shape index (κ2) is 8.50. The van der Waals surface area contributed by atoms with Gasteiger partial charge < -0.3 is 14.8 Å². The standard InChI is InChI=1S/C19H16BrN3O4/c1-26-19(25)14-4-2-13(3-5-14)18(24)22-16-10-21-23(11-16)12-27-17-8-6-15(20)7-9-17/h2-11H,12H2,1H3,(H,22,24). The Morgan fingerprint density at radius 1 is 1.07 bits per heavy atom. The van der Waals surface area contributed by atoms with Crippen molar-refractivity contribution in [2.24, 2.45) is 0 Å². The summed E-state index contributed by atoms with van der Waals surface area (Å²) < 4.78 is 12.8. The number of carbonyl (C=O) groups is 2. The van der Waals surface area contributed by atoms with E-state index in [1.165, 1.54) is 25.4 Å². The van der Waals surface area contributed by atoms with Gasteiger partial charge in [0.15, 0.2) is 6.73 Å². The van der Waals surface area contributed by atoms with Crippen molar-refractivity contribution in [3.63, 3.8) is 0 Å². The van der Waals surface area contributed by atoms with Crippen molar-refractivity contribution in [2.75, 3.05) is 12.4 Å². The molecule has 1 N–H and O–H groups in total. The molecule has 0 saturated heterocycles. The van der Waals surface area contributed by atoms with Crippen LogP contribution in [0, 0.1) is 0 Å². The van der Waals surface area contributed by atoms with Crippen LogP contribution in [0.25, 0.3) is 0 Å². The third kappa shape index (κ3) is 4.95. The Bertz CT molecular complexity index is 936. The van der Waals surface area contributed by atoms with Crippen LogP contribution in [0.3, 0.4) is 0 Å². The molecule has 27 heavy (non-hydrogen) atoms. The molecule has 0 fully saturated rings. The fourth-order valence-corrected chi connectivity index (χ4v) is 2.51. The van der Waals surface area contributed by atoms with E-state index in [1.54, 1.807) is 23.0 Å². The summed E-state index contributed by atoms with van der Waals surface area (Å²) in [6.45, 7) is 0.214. The minimum absolute atomic E-state index is 0.214. The van der Waals surface area contributed by atoms with Gasteiger partial charge in [-0.05, 0) is 48.5 Å². The molecule has 3 rings (SSSR count). The molecule has 0 saturated carbocycles. The molecule has 1 aromatic heterocycles. The summed E-state index contributed by atoms with van der Waals surface area (Å²) in [5.74, 6) is -0.0428. The first kappa shape index (κ1) is 18.7. The van der Waals surface area contributed by atoms with Crippen LogP contribution in [0.15, 0.2) is 65.4 Å². The van der Waals surface area contributed by atoms with Crippen LogP contribution in [0.2, 0.25) is 0 Å². The smallest absolute Gasteiger partial charge is 0.337 e. The summed E-state index contributed by atoms with van der Waals surface area (Å²) in [4.78, 5) is 23.7. The number of halogens is 1. The van der Waals surface area contributed by atoms with Crippen molar-refractivity contribution < 1.29 is 19.1 Å². The molecule has 0 aliphatic carbocycles. The van der Waals surface area contributed by atoms with Gasteiger partial charge in [-0.3, -0.25) is 4.79 Å². The number of anilines is 1. The lowest BCUT2D eigenvalue weighted by atomic mass is 10.1. The molecule has 0 bridgehead atoms. The van der Waals surface area contributed by atoms with E-state index in [0.717, 1.165) is 4.47 Å². The second-order valence-corrected chi connectivity index (χ2v) is 6.43. The van der Waals surface area contributed by atoms with E-state index >= 15 is 0 Å². The fraction of sp³-hybridized carbons (Fsp3) is 0.105. The number of rotatable bonds is 6. The Morgan fingerprint density at radius 2 is 1.74 bits per heavy atom. The van der Waals surface area contributed by atoms with Crippen molar-refractivity contribution in [3.8, 4) is 5.75 Å². The lowest BCUT2D eigenvalue weighted by Crippen LogP contribution is -2.12. The van der Waals surface area contributed by atoms with E-state index < -0.39 is 5.97 Å². The number of ether oxygens (including phenoxy) is 2. The molecule has 2 aromatic carbocycles. The summed E-state index contributed by atoms with van der Waals surface area (Å²) in [7, 11) is 1.31. The molecular weight excluding hydrogens is 414 g/mol. The number of aromatic nitrogens is 2.